The van der Waals surface area contributed by atoms with Crippen molar-refractivity contribution in [1.29, 1.82) is 0 Å². The molecule has 1 aromatic heterocycles. The molecule has 1 aliphatic rings. The Morgan fingerprint density at radius 2 is 1.75 bits per heavy atom. The SMILES string of the molecule is COc1cc2c(cc1OC)CN([C@@H](C)c1nc(C(C)C)no1)CC2. The molecule has 1 atom stereocenters. The van der Waals surface area contributed by atoms with Crippen LogP contribution in [0.25, 0.3) is 0 Å². The fourth-order valence-corrected chi connectivity index (χ4v) is 3.04. The van der Waals surface area contributed by atoms with Crippen LogP contribution in [0.2, 0.25) is 0 Å². The van der Waals surface area contributed by atoms with E-state index in [1.807, 2.05) is 0 Å². The van der Waals surface area contributed by atoms with Crippen molar-refractivity contribution in [3.8, 4) is 11.5 Å². The summed E-state index contributed by atoms with van der Waals surface area (Å²) in [6.45, 7) is 8.02. The van der Waals surface area contributed by atoms with Crippen molar-refractivity contribution in [2.75, 3.05) is 20.8 Å². The molecule has 0 radical (unpaired) electrons. The van der Waals surface area contributed by atoms with Gasteiger partial charge in [-0.2, -0.15) is 4.98 Å². The smallest absolute Gasteiger partial charge is 0.243 e. The fraction of sp³-hybridized carbons (Fsp3) is 0.556. The minimum atomic E-state index is 0.0891. The van der Waals surface area contributed by atoms with E-state index in [0.29, 0.717) is 5.89 Å². The molecular formula is C18H25N3O3. The number of nitrogens with zero attached hydrogens (tertiary/aromatic N) is 3. The minimum Gasteiger partial charge on any atom is -0.493 e. The number of benzene rings is 1. The summed E-state index contributed by atoms with van der Waals surface area (Å²) >= 11 is 0. The van der Waals surface area contributed by atoms with Crippen LogP contribution < -0.4 is 9.47 Å². The predicted octanol–water partition coefficient (Wildman–Crippen LogP) is 3.33. The summed E-state index contributed by atoms with van der Waals surface area (Å²) in [5, 5.41) is 4.08. The molecule has 0 bridgehead atoms. The largest absolute Gasteiger partial charge is 0.493 e. The lowest BCUT2D eigenvalue weighted by Gasteiger charge is -2.32. The van der Waals surface area contributed by atoms with E-state index in [1.165, 1.54) is 11.1 Å². The molecule has 0 aliphatic carbocycles. The Labute approximate surface area is 142 Å². The molecule has 6 heteroatoms. The molecule has 2 aromatic rings. The van der Waals surface area contributed by atoms with Crippen molar-refractivity contribution in [3.05, 3.63) is 35.0 Å². The highest BCUT2D eigenvalue weighted by Crippen LogP contribution is 2.35. The van der Waals surface area contributed by atoms with Gasteiger partial charge in [0.05, 0.1) is 20.3 Å². The van der Waals surface area contributed by atoms with E-state index < -0.39 is 0 Å². The summed E-state index contributed by atoms with van der Waals surface area (Å²) in [6.07, 6.45) is 0.963. The van der Waals surface area contributed by atoms with Crippen molar-refractivity contribution >= 4 is 0 Å². The van der Waals surface area contributed by atoms with Gasteiger partial charge in [0.15, 0.2) is 17.3 Å². The third-order valence-electron chi connectivity index (χ3n) is 4.63. The molecule has 0 amide bonds. The van der Waals surface area contributed by atoms with E-state index in [2.05, 4.69) is 47.9 Å². The Morgan fingerprint density at radius 1 is 1.08 bits per heavy atom. The molecule has 3 rings (SSSR count). The van der Waals surface area contributed by atoms with Gasteiger partial charge in [0.2, 0.25) is 5.89 Å². The molecule has 0 saturated heterocycles. The van der Waals surface area contributed by atoms with Gasteiger partial charge in [-0.05, 0) is 36.6 Å². The zero-order valence-electron chi connectivity index (χ0n) is 15.0. The first-order valence-electron chi connectivity index (χ1n) is 8.34. The summed E-state index contributed by atoms with van der Waals surface area (Å²) in [5.74, 6) is 3.28. The summed E-state index contributed by atoms with van der Waals surface area (Å²) in [7, 11) is 3.34. The molecule has 1 aromatic carbocycles. The Hall–Kier alpha value is -2.08. The molecule has 0 saturated carbocycles. The first-order valence-corrected chi connectivity index (χ1v) is 8.34. The predicted molar refractivity (Wildman–Crippen MR) is 90.5 cm³/mol. The second kappa shape index (κ2) is 6.81. The van der Waals surface area contributed by atoms with Gasteiger partial charge >= 0.3 is 0 Å². The van der Waals surface area contributed by atoms with Gasteiger partial charge in [-0.3, -0.25) is 4.90 Å². The fourth-order valence-electron chi connectivity index (χ4n) is 3.04. The second-order valence-electron chi connectivity index (χ2n) is 6.52. The topological polar surface area (TPSA) is 60.6 Å². The van der Waals surface area contributed by atoms with Gasteiger partial charge in [0.25, 0.3) is 0 Å². The highest BCUT2D eigenvalue weighted by Gasteiger charge is 2.27. The van der Waals surface area contributed by atoms with Crippen LogP contribution in [0.5, 0.6) is 11.5 Å². The van der Waals surface area contributed by atoms with Crippen molar-refractivity contribution in [2.24, 2.45) is 0 Å². The van der Waals surface area contributed by atoms with Crippen LogP contribution in [0.1, 0.15) is 55.6 Å². The molecule has 0 spiro atoms. The Balaban J connectivity index is 1.80. The number of fused-ring (bicyclic) bond motifs is 1. The number of hydrogen-bond acceptors (Lipinski definition) is 6. The molecule has 6 nitrogen and oxygen atoms in total. The first kappa shape index (κ1) is 16.8. The highest BCUT2D eigenvalue weighted by atomic mass is 16.5. The van der Waals surface area contributed by atoms with Crippen molar-refractivity contribution in [1.82, 2.24) is 15.0 Å². The van der Waals surface area contributed by atoms with Crippen molar-refractivity contribution < 1.29 is 14.0 Å². The normalized spacial score (nSPS) is 16.1. The Bertz CT molecular complexity index is 712. The molecular weight excluding hydrogens is 306 g/mol. The van der Waals surface area contributed by atoms with Crippen LogP contribution >= 0.6 is 0 Å². The Kier molecular flexibility index (Phi) is 4.76. The van der Waals surface area contributed by atoms with E-state index in [9.17, 15) is 0 Å². The van der Waals surface area contributed by atoms with Crippen LogP contribution in [0.4, 0.5) is 0 Å². The van der Waals surface area contributed by atoms with E-state index in [1.54, 1.807) is 14.2 Å². The number of ether oxygens (including phenoxy) is 2. The van der Waals surface area contributed by atoms with E-state index >= 15 is 0 Å². The third kappa shape index (κ3) is 3.11. The highest BCUT2D eigenvalue weighted by molar-refractivity contribution is 5.48. The van der Waals surface area contributed by atoms with E-state index in [-0.39, 0.29) is 12.0 Å². The average molecular weight is 331 g/mol. The maximum atomic E-state index is 5.46. The zero-order chi connectivity index (χ0) is 17.3. The lowest BCUT2D eigenvalue weighted by Crippen LogP contribution is -2.33. The standard InChI is InChI=1S/C18H25N3O3/c1-11(2)17-19-18(24-20-17)12(3)21-7-6-13-8-15(22-4)16(23-5)9-14(13)10-21/h8-9,11-12H,6-7,10H2,1-5H3/t12-/m0/s1. The molecule has 130 valence electrons. The molecule has 0 fully saturated rings. The lowest BCUT2D eigenvalue weighted by molar-refractivity contribution is 0.157. The maximum Gasteiger partial charge on any atom is 0.243 e. The molecule has 0 N–H and O–H groups in total. The lowest BCUT2D eigenvalue weighted by atomic mass is 9.97. The zero-order valence-corrected chi connectivity index (χ0v) is 15.0. The van der Waals surface area contributed by atoms with Gasteiger partial charge in [-0.1, -0.05) is 19.0 Å². The van der Waals surface area contributed by atoms with Gasteiger partial charge in [-0.25, -0.2) is 0 Å². The molecule has 1 aliphatic heterocycles. The van der Waals surface area contributed by atoms with E-state index in [4.69, 9.17) is 14.0 Å². The van der Waals surface area contributed by atoms with E-state index in [0.717, 1.165) is 36.8 Å². The number of methoxy groups -OCH3 is 2. The summed E-state index contributed by atoms with van der Waals surface area (Å²) in [6, 6.07) is 4.24. The van der Waals surface area contributed by atoms with Crippen LogP contribution in [0, 0.1) is 0 Å². The van der Waals surface area contributed by atoms with Crippen molar-refractivity contribution in [3.63, 3.8) is 0 Å². The van der Waals surface area contributed by atoms with Gasteiger partial charge in [0, 0.05) is 19.0 Å². The summed E-state index contributed by atoms with van der Waals surface area (Å²) < 4.78 is 16.3. The summed E-state index contributed by atoms with van der Waals surface area (Å²) in [5.41, 5.74) is 2.57. The van der Waals surface area contributed by atoms with Crippen LogP contribution in [-0.4, -0.2) is 35.8 Å². The van der Waals surface area contributed by atoms with Crippen LogP contribution in [0.3, 0.4) is 0 Å². The van der Waals surface area contributed by atoms with Gasteiger partial charge in [-0.15, -0.1) is 0 Å². The first-order chi connectivity index (χ1) is 11.5. The van der Waals surface area contributed by atoms with Crippen LogP contribution in [0.15, 0.2) is 16.7 Å². The quantitative estimate of drug-likeness (QED) is 0.837. The van der Waals surface area contributed by atoms with Crippen molar-refractivity contribution in [2.45, 2.75) is 45.7 Å². The van der Waals surface area contributed by atoms with Gasteiger partial charge < -0.3 is 14.0 Å². The molecule has 0 unspecified atom stereocenters. The third-order valence-corrected chi connectivity index (χ3v) is 4.63. The monoisotopic (exact) mass is 331 g/mol. The molecule has 24 heavy (non-hydrogen) atoms. The second-order valence-corrected chi connectivity index (χ2v) is 6.52. The number of hydrogen-bond donors (Lipinski definition) is 0. The number of aromatic nitrogens is 2. The summed E-state index contributed by atoms with van der Waals surface area (Å²) in [4.78, 5) is 6.89. The molecule has 2 heterocycles. The van der Waals surface area contributed by atoms with Crippen LogP contribution in [-0.2, 0) is 13.0 Å². The minimum absolute atomic E-state index is 0.0891. The maximum absolute atomic E-state index is 5.46. The average Bonchev–Trinajstić information content (AvgIpc) is 3.09. The number of rotatable bonds is 5. The van der Waals surface area contributed by atoms with Gasteiger partial charge in [0.1, 0.15) is 0 Å². The Morgan fingerprint density at radius 3 is 2.33 bits per heavy atom.